The highest BCUT2D eigenvalue weighted by atomic mass is 32.2. The first-order chi connectivity index (χ1) is 67.2. The van der Waals surface area contributed by atoms with Crippen molar-refractivity contribution in [3.8, 4) is 103 Å². The van der Waals surface area contributed by atoms with Gasteiger partial charge >= 0.3 is 0 Å². The van der Waals surface area contributed by atoms with Crippen LogP contribution in [-0.2, 0) is 35.9 Å². The van der Waals surface area contributed by atoms with E-state index in [2.05, 4.69) is 196 Å². The summed E-state index contributed by atoms with van der Waals surface area (Å²) in [6.07, 6.45) is 0. The van der Waals surface area contributed by atoms with Crippen molar-refractivity contribution in [3.63, 3.8) is 0 Å². The fourth-order valence-corrected chi connectivity index (χ4v) is 23.2. The summed E-state index contributed by atoms with van der Waals surface area (Å²) >= 11 is 1.90. The number of nitriles is 2. The highest BCUT2D eigenvalue weighted by molar-refractivity contribution is 7.99. The van der Waals surface area contributed by atoms with Crippen LogP contribution in [0.4, 0.5) is 11.4 Å². The molecule has 4 aliphatic heterocycles. The summed E-state index contributed by atoms with van der Waals surface area (Å²) in [4.78, 5) is 40.0. The molecule has 2 aromatic heterocycles. The summed E-state index contributed by atoms with van der Waals surface area (Å²) in [6.45, 7) is 56.0. The second-order valence-corrected chi connectivity index (χ2v) is 42.8. The number of ether oxygens (including phenoxy) is 1. The zero-order chi connectivity index (χ0) is 101. The van der Waals surface area contributed by atoms with Gasteiger partial charge in [0.05, 0.1) is 44.9 Å². The van der Waals surface area contributed by atoms with Gasteiger partial charge in [0.25, 0.3) is 0 Å². The Balaban J connectivity index is 0.000000126. The maximum Gasteiger partial charge on any atom is 0.207 e. The number of aromatic nitrogens is 6. The predicted octanol–water partition coefficient (Wildman–Crippen LogP) is 30.8. The molecule has 141 heavy (non-hydrogen) atoms. The lowest BCUT2D eigenvalue weighted by molar-refractivity contribution is 0.417. The molecule has 0 atom stereocenters. The van der Waals surface area contributed by atoms with E-state index in [0.717, 1.165) is 117 Å². The molecule has 0 amide bonds. The Kier molecular flexibility index (Phi) is 29.1. The van der Waals surface area contributed by atoms with Gasteiger partial charge in [0.15, 0.2) is 46.3 Å². The van der Waals surface area contributed by atoms with Gasteiger partial charge < -0.3 is 4.74 Å². The molecule has 15 aromatic carbocycles. The van der Waals surface area contributed by atoms with Crippen molar-refractivity contribution < 1.29 is 21.6 Å². The summed E-state index contributed by atoms with van der Waals surface area (Å²) in [7, 11) is -6.70. The quantitative estimate of drug-likeness (QED) is 0.142. The van der Waals surface area contributed by atoms with Crippen LogP contribution in [0.1, 0.15) is 164 Å². The van der Waals surface area contributed by atoms with Gasteiger partial charge in [0.2, 0.25) is 19.7 Å². The van der Waals surface area contributed by atoms with E-state index in [4.69, 9.17) is 53.0 Å². The lowest BCUT2D eigenvalue weighted by Crippen LogP contribution is -2.30. The van der Waals surface area contributed by atoms with Crippen molar-refractivity contribution in [1.29, 1.82) is 10.5 Å². The van der Waals surface area contributed by atoms with E-state index < -0.39 is 19.7 Å². The second-order valence-electron chi connectivity index (χ2n) is 37.9. The van der Waals surface area contributed by atoms with Crippen LogP contribution in [-0.4, -0.2) is 46.7 Å². The molecule has 6 heterocycles. The Hall–Kier alpha value is -15.7. The summed E-state index contributed by atoms with van der Waals surface area (Å²) in [5, 5.41) is 18.2. The standard InChI is InChI=1S/C25H17N5.C23H19N3.C17H18O2S.C17H18O.C17H18S.C14H12O2S.C10H8N2/c1-16-20(15-26)14-21(27-3)17(2)22(16)25-29-23(18-10-6-4-7-11-18)28-24(30-25)19-12-8-5-9-13-19;1-16-10-9-11-17(2)20(16)23-25-21(18-12-5-3-6-13-18)24-22(26-23)19-14-7-4-8-15-19;1-11-5-7-15-13(9-11)17(3,4)14-10-12(2)6-8-16(14)20(15,18)19;2*1-11-5-7-15-13(9-11)17(3,4)14-10-12(2)6-8-16(14)18-15;1-9-3-5-13-11(7-9)12-8-10(2)4-6-14(12)17(13,15)16;1-7-4-8(2)10(12-3)5-9(7)6-11/h4-14H,1-2H3;3-15H,1-2H3;5-10H,1-4H3;2*5-10H,1-4H3;3-8H,1-2H3;4-5H,1-2H3. The number of rotatable bonds is 6. The molecule has 0 saturated carbocycles. The molecule has 0 saturated heterocycles. The molecule has 0 fully saturated rings. The minimum Gasteiger partial charge on any atom is -0.457 e. The molecule has 0 radical (unpaired) electrons. The van der Waals surface area contributed by atoms with Crippen LogP contribution in [0.2, 0.25) is 0 Å². The van der Waals surface area contributed by atoms with Crippen LogP contribution < -0.4 is 4.74 Å². The lowest BCUT2D eigenvalue weighted by atomic mass is 9.75. The van der Waals surface area contributed by atoms with Gasteiger partial charge in [-0.1, -0.05) is 340 Å². The van der Waals surface area contributed by atoms with Gasteiger partial charge in [0.1, 0.15) is 11.5 Å². The fraction of sp³-hybridized carbons (Fsp3) is 0.187. The third-order valence-electron chi connectivity index (χ3n) is 26.2. The molecular weight excluding hydrogens is 1790 g/mol. The van der Waals surface area contributed by atoms with Crippen molar-refractivity contribution in [1.82, 2.24) is 29.9 Å². The van der Waals surface area contributed by atoms with Crippen LogP contribution in [0.15, 0.2) is 333 Å². The van der Waals surface area contributed by atoms with Gasteiger partial charge in [-0.15, -0.1) is 0 Å². The highest BCUT2D eigenvalue weighted by Gasteiger charge is 2.42. The SMILES string of the molecule is Cc1ccc2c(c1)-c1cc(C)ccc1S2(=O)=O.Cc1ccc2c(c1)C(C)(C)c1cc(C)ccc1O2.Cc1ccc2c(c1)C(C)(C)c1cc(C)ccc1S2.Cc1ccc2c(c1)C(C)(C)c1cc(C)ccc1S2(=O)=O.Cc1cccc(C)c1-c1nc(-c2ccccc2)nc(-c2ccccc2)n1.[C-]#[N+]c1cc(C#N)c(C)c(-c2nc(-c3ccccc3)nc(-c3ccccc3)n2)c1C.[C-]#[N+]c1cc(C#N)c(C)cc1C. The smallest absolute Gasteiger partial charge is 0.207 e. The van der Waals surface area contributed by atoms with E-state index in [9.17, 15) is 22.1 Å². The van der Waals surface area contributed by atoms with E-state index >= 15 is 0 Å². The van der Waals surface area contributed by atoms with Crippen molar-refractivity contribution in [2.45, 2.75) is 184 Å². The maximum absolute atomic E-state index is 12.8. The molecule has 18 heteroatoms. The van der Waals surface area contributed by atoms with Crippen molar-refractivity contribution in [2.24, 2.45) is 0 Å². The van der Waals surface area contributed by atoms with Gasteiger partial charge in [-0.3, -0.25) is 0 Å². The zero-order valence-corrected chi connectivity index (χ0v) is 85.6. The monoisotopic (exact) mass is 1900 g/mol. The molecule has 0 aliphatic carbocycles. The first-order valence-corrected chi connectivity index (χ1v) is 50.4. The van der Waals surface area contributed by atoms with Crippen molar-refractivity contribution >= 4 is 42.8 Å². The van der Waals surface area contributed by atoms with E-state index in [1.165, 1.54) is 54.3 Å². The average molecular weight is 1900 g/mol. The zero-order valence-electron chi connectivity index (χ0n) is 83.1. The number of aryl methyl sites for hydroxylation is 12. The number of hydrogen-bond donors (Lipinski definition) is 0. The van der Waals surface area contributed by atoms with Gasteiger partial charge in [0, 0.05) is 92.8 Å². The van der Waals surface area contributed by atoms with E-state index in [0.29, 0.717) is 82.6 Å². The van der Waals surface area contributed by atoms with Crippen LogP contribution >= 0.6 is 11.8 Å². The topological polar surface area (TPSA) is 211 Å². The normalized spacial score (nSPS) is 13.4. The maximum atomic E-state index is 12.8. The van der Waals surface area contributed by atoms with E-state index in [1.807, 2.05) is 243 Å². The molecule has 4 aliphatic rings. The van der Waals surface area contributed by atoms with E-state index in [1.54, 1.807) is 36.4 Å². The first-order valence-electron chi connectivity index (χ1n) is 46.6. The molecule has 15 nitrogen and oxygen atoms in total. The molecule has 0 spiro atoms. The molecule has 0 bridgehead atoms. The molecule has 21 rings (SSSR count). The largest absolute Gasteiger partial charge is 0.457 e. The molecular formula is C123H110N10O5S3. The summed E-state index contributed by atoms with van der Waals surface area (Å²) in [5.74, 6) is 5.63. The first kappa shape index (κ1) is 99.8. The highest BCUT2D eigenvalue weighted by Crippen LogP contribution is 2.53. The molecule has 0 unspecified atom stereocenters. The summed E-state index contributed by atoms with van der Waals surface area (Å²) in [5.41, 5.74) is 31.6. The Labute approximate surface area is 834 Å². The molecule has 700 valence electrons. The van der Waals surface area contributed by atoms with E-state index in [-0.39, 0.29) is 16.2 Å². The number of benzene rings is 15. The fourth-order valence-electron chi connectivity index (χ4n) is 18.3. The molecule has 17 aromatic rings. The van der Waals surface area contributed by atoms with Crippen LogP contribution in [0.5, 0.6) is 11.5 Å². The number of hydrogen-bond acceptors (Lipinski definition) is 14. The number of fused-ring (bicyclic) bond motifs is 9. The minimum atomic E-state index is -3.41. The number of sulfone groups is 2. The minimum absolute atomic E-state index is 0.000949. The Morgan fingerprint density at radius 2 is 0.596 bits per heavy atom. The lowest BCUT2D eigenvalue weighted by Gasteiger charge is -2.35. The van der Waals surface area contributed by atoms with Crippen LogP contribution in [0, 0.1) is 133 Å². The van der Waals surface area contributed by atoms with Gasteiger partial charge in [-0.2, -0.15) is 10.5 Å². The third kappa shape index (κ3) is 20.9. The van der Waals surface area contributed by atoms with Gasteiger partial charge in [-0.05, 0) is 213 Å². The Morgan fingerprint density at radius 3 is 0.972 bits per heavy atom. The third-order valence-corrected chi connectivity index (χ3v) is 31.1. The van der Waals surface area contributed by atoms with Crippen molar-refractivity contribution in [2.75, 3.05) is 0 Å². The Morgan fingerprint density at radius 1 is 0.291 bits per heavy atom. The van der Waals surface area contributed by atoms with Gasteiger partial charge in [-0.25, -0.2) is 56.4 Å². The Bertz CT molecular complexity index is 7650. The summed E-state index contributed by atoms with van der Waals surface area (Å²) < 4.78 is 56.2. The summed E-state index contributed by atoms with van der Waals surface area (Å²) in [6, 6.07) is 104. The molecule has 0 N–H and O–H groups in total. The van der Waals surface area contributed by atoms with Crippen LogP contribution in [0.25, 0.3) is 89.1 Å². The van der Waals surface area contributed by atoms with Crippen LogP contribution in [0.3, 0.4) is 0 Å². The average Bonchev–Trinajstić information content (AvgIpc) is 0.855. The predicted molar refractivity (Wildman–Crippen MR) is 569 cm³/mol. The van der Waals surface area contributed by atoms with Crippen molar-refractivity contribution in [3.05, 3.63) is 449 Å². The second kappa shape index (κ2) is 41.2. The number of nitrogens with zero attached hydrogens (tertiary/aromatic N) is 10.